The van der Waals surface area contributed by atoms with Gasteiger partial charge >= 0.3 is 0 Å². The van der Waals surface area contributed by atoms with Crippen LogP contribution in [0.1, 0.15) is 43.9 Å². The minimum Gasteiger partial charge on any atom is -0.352 e. The monoisotopic (exact) mass is 434 g/mol. The van der Waals surface area contributed by atoms with Crippen LogP contribution >= 0.6 is 23.2 Å². The van der Waals surface area contributed by atoms with Gasteiger partial charge in [-0.05, 0) is 56.0 Å². The molecule has 0 saturated carbocycles. The van der Waals surface area contributed by atoms with Gasteiger partial charge in [0.15, 0.2) is 0 Å². The maximum atomic E-state index is 13.2. The Morgan fingerprint density at radius 2 is 1.76 bits per heavy atom. The Morgan fingerprint density at radius 1 is 1.07 bits per heavy atom. The summed E-state index contributed by atoms with van der Waals surface area (Å²) >= 11 is 12.2. The van der Waals surface area contributed by atoms with Crippen molar-refractivity contribution in [2.75, 3.05) is 0 Å². The number of carbonyl (C=O) groups excluding carboxylic acids is 2. The Balaban J connectivity index is 2.28. The highest BCUT2D eigenvalue weighted by molar-refractivity contribution is 6.35. The van der Waals surface area contributed by atoms with Crippen molar-refractivity contribution in [1.82, 2.24) is 10.2 Å². The van der Waals surface area contributed by atoms with Crippen LogP contribution in [0.15, 0.2) is 42.5 Å². The van der Waals surface area contributed by atoms with E-state index in [1.165, 1.54) is 0 Å². The van der Waals surface area contributed by atoms with E-state index in [9.17, 15) is 9.59 Å². The number of carbonyl (C=O) groups is 2. The number of halogens is 2. The zero-order valence-corrected chi connectivity index (χ0v) is 18.8. The van der Waals surface area contributed by atoms with Crippen LogP contribution in [-0.2, 0) is 22.6 Å². The van der Waals surface area contributed by atoms with Crippen molar-refractivity contribution < 1.29 is 9.59 Å². The van der Waals surface area contributed by atoms with Gasteiger partial charge in [0.25, 0.3) is 0 Å². The second-order valence-electron chi connectivity index (χ2n) is 7.35. The topological polar surface area (TPSA) is 49.4 Å². The maximum absolute atomic E-state index is 13.2. The lowest BCUT2D eigenvalue weighted by molar-refractivity contribution is -0.140. The summed E-state index contributed by atoms with van der Waals surface area (Å²) in [6.45, 7) is 8.07. The van der Waals surface area contributed by atoms with Crippen molar-refractivity contribution in [1.29, 1.82) is 0 Å². The van der Waals surface area contributed by atoms with Crippen molar-refractivity contribution in [2.24, 2.45) is 0 Å². The van der Waals surface area contributed by atoms with Crippen LogP contribution in [0.4, 0.5) is 0 Å². The predicted octanol–water partition coefficient (Wildman–Crippen LogP) is 5.18. The van der Waals surface area contributed by atoms with Gasteiger partial charge in [-0.25, -0.2) is 0 Å². The highest BCUT2D eigenvalue weighted by Crippen LogP contribution is 2.23. The molecule has 0 aliphatic rings. The molecule has 0 bridgehead atoms. The van der Waals surface area contributed by atoms with Crippen molar-refractivity contribution in [2.45, 2.75) is 59.2 Å². The quantitative estimate of drug-likeness (QED) is 0.622. The summed E-state index contributed by atoms with van der Waals surface area (Å²) in [7, 11) is 0. The molecule has 0 spiro atoms. The van der Waals surface area contributed by atoms with E-state index < -0.39 is 6.04 Å². The number of hydrogen-bond donors (Lipinski definition) is 1. The van der Waals surface area contributed by atoms with Crippen LogP contribution in [0.25, 0.3) is 0 Å². The minimum absolute atomic E-state index is 0.0473. The Kier molecular flexibility index (Phi) is 8.54. The molecule has 0 unspecified atom stereocenters. The summed E-state index contributed by atoms with van der Waals surface area (Å²) in [5, 5.41) is 3.93. The molecule has 2 rings (SSSR count). The second kappa shape index (κ2) is 10.7. The number of benzene rings is 2. The number of aryl methyl sites for hydroxylation is 1. The van der Waals surface area contributed by atoms with Gasteiger partial charge < -0.3 is 10.2 Å². The number of nitrogens with zero attached hydrogens (tertiary/aromatic N) is 1. The molecule has 1 N–H and O–H groups in total. The number of amides is 2. The first-order chi connectivity index (χ1) is 13.7. The van der Waals surface area contributed by atoms with Gasteiger partial charge in [0.1, 0.15) is 6.04 Å². The van der Waals surface area contributed by atoms with Crippen molar-refractivity contribution in [3.8, 4) is 0 Å². The van der Waals surface area contributed by atoms with Crippen LogP contribution in [0.5, 0.6) is 0 Å². The molecule has 0 saturated heterocycles. The van der Waals surface area contributed by atoms with Gasteiger partial charge in [0.05, 0.1) is 6.42 Å². The van der Waals surface area contributed by atoms with E-state index in [-0.39, 0.29) is 24.3 Å². The fraction of sp³-hybridized carbons (Fsp3) is 0.391. The molecule has 29 heavy (non-hydrogen) atoms. The van der Waals surface area contributed by atoms with Crippen molar-refractivity contribution >= 4 is 35.0 Å². The molecule has 4 nitrogen and oxygen atoms in total. The van der Waals surface area contributed by atoms with E-state index in [1.807, 2.05) is 45.0 Å². The van der Waals surface area contributed by atoms with Gasteiger partial charge in [-0.2, -0.15) is 0 Å². The largest absolute Gasteiger partial charge is 0.352 e. The molecule has 0 aliphatic carbocycles. The third kappa shape index (κ3) is 6.48. The molecule has 0 radical (unpaired) electrons. The van der Waals surface area contributed by atoms with Gasteiger partial charge in [-0.1, -0.05) is 60.5 Å². The lowest BCUT2D eigenvalue weighted by Crippen LogP contribution is -2.50. The molecule has 6 heteroatoms. The summed E-state index contributed by atoms with van der Waals surface area (Å²) in [4.78, 5) is 27.6. The highest BCUT2D eigenvalue weighted by atomic mass is 35.5. The van der Waals surface area contributed by atoms with E-state index in [0.29, 0.717) is 22.2 Å². The number of hydrogen-bond acceptors (Lipinski definition) is 2. The molecule has 0 heterocycles. The Bertz CT molecular complexity index is 870. The molecule has 0 fully saturated rings. The summed E-state index contributed by atoms with van der Waals surface area (Å²) in [5.74, 6) is -0.326. The standard InChI is InChI=1S/C23H28Cl2N2O2/c1-5-16(3)26-23(29)17(4)27(14-19-9-7-6-8-15(19)2)22(28)12-18-10-11-20(24)13-21(18)25/h6-11,13,16-17H,5,12,14H2,1-4H3,(H,26,29)/t16-,17+/m1/s1. The summed E-state index contributed by atoms with van der Waals surface area (Å²) < 4.78 is 0. The second-order valence-corrected chi connectivity index (χ2v) is 8.20. The zero-order chi connectivity index (χ0) is 21.6. The first-order valence-electron chi connectivity index (χ1n) is 9.81. The van der Waals surface area contributed by atoms with E-state index in [4.69, 9.17) is 23.2 Å². The molecule has 2 aromatic rings. The third-order valence-corrected chi connectivity index (χ3v) is 5.71. The summed E-state index contributed by atoms with van der Waals surface area (Å²) in [6.07, 6.45) is 0.924. The van der Waals surface area contributed by atoms with Gasteiger partial charge in [-0.3, -0.25) is 9.59 Å². The highest BCUT2D eigenvalue weighted by Gasteiger charge is 2.27. The zero-order valence-electron chi connectivity index (χ0n) is 17.3. The van der Waals surface area contributed by atoms with E-state index in [1.54, 1.807) is 30.0 Å². The molecular weight excluding hydrogens is 407 g/mol. The predicted molar refractivity (Wildman–Crippen MR) is 119 cm³/mol. The lowest BCUT2D eigenvalue weighted by Gasteiger charge is -2.30. The Labute approximate surface area is 183 Å². The van der Waals surface area contributed by atoms with Gasteiger partial charge in [-0.15, -0.1) is 0 Å². The SMILES string of the molecule is CC[C@@H](C)NC(=O)[C@H](C)N(Cc1ccccc1C)C(=O)Cc1ccc(Cl)cc1Cl. The van der Waals surface area contributed by atoms with Crippen molar-refractivity contribution in [3.05, 3.63) is 69.2 Å². The average Bonchev–Trinajstić information content (AvgIpc) is 2.68. The van der Waals surface area contributed by atoms with Crippen LogP contribution in [0.2, 0.25) is 10.0 Å². The van der Waals surface area contributed by atoms with Gasteiger partial charge in [0, 0.05) is 22.6 Å². The smallest absolute Gasteiger partial charge is 0.242 e. The van der Waals surface area contributed by atoms with Crippen LogP contribution in [-0.4, -0.2) is 28.8 Å². The molecule has 2 aromatic carbocycles. The lowest BCUT2D eigenvalue weighted by atomic mass is 10.1. The van der Waals surface area contributed by atoms with E-state index >= 15 is 0 Å². The van der Waals surface area contributed by atoms with Crippen LogP contribution in [0.3, 0.4) is 0 Å². The fourth-order valence-corrected chi connectivity index (χ4v) is 3.42. The van der Waals surface area contributed by atoms with Gasteiger partial charge in [0.2, 0.25) is 11.8 Å². The fourth-order valence-electron chi connectivity index (χ4n) is 2.95. The number of nitrogens with one attached hydrogen (secondary N) is 1. The number of rotatable bonds is 8. The molecule has 2 amide bonds. The Morgan fingerprint density at radius 3 is 2.38 bits per heavy atom. The van der Waals surface area contributed by atoms with Crippen LogP contribution in [0, 0.1) is 6.92 Å². The first kappa shape index (κ1) is 23.2. The molecule has 0 aromatic heterocycles. The third-order valence-electron chi connectivity index (χ3n) is 5.13. The summed E-state index contributed by atoms with van der Waals surface area (Å²) in [6, 6.07) is 12.4. The van der Waals surface area contributed by atoms with E-state index in [0.717, 1.165) is 17.5 Å². The van der Waals surface area contributed by atoms with E-state index in [2.05, 4.69) is 5.32 Å². The summed E-state index contributed by atoms with van der Waals surface area (Å²) in [5.41, 5.74) is 2.76. The minimum atomic E-state index is -0.609. The van der Waals surface area contributed by atoms with Crippen LogP contribution < -0.4 is 5.32 Å². The van der Waals surface area contributed by atoms with Crippen molar-refractivity contribution in [3.63, 3.8) is 0 Å². The Hall–Kier alpha value is -2.04. The molecule has 2 atom stereocenters. The maximum Gasteiger partial charge on any atom is 0.242 e. The average molecular weight is 435 g/mol. The first-order valence-corrected chi connectivity index (χ1v) is 10.6. The molecule has 0 aliphatic heterocycles. The molecule has 156 valence electrons. The normalized spacial score (nSPS) is 12.9. The molecular formula is C23H28Cl2N2O2.